The molecule has 0 spiro atoms. The Balaban J connectivity index is 1.71. The molecule has 0 bridgehead atoms. The van der Waals surface area contributed by atoms with Crippen molar-refractivity contribution >= 4 is 10.0 Å². The van der Waals surface area contributed by atoms with Gasteiger partial charge in [0.25, 0.3) is 0 Å². The fourth-order valence-electron chi connectivity index (χ4n) is 2.77. The van der Waals surface area contributed by atoms with E-state index < -0.39 is 10.0 Å². The molecule has 2 atom stereocenters. The SMILES string of the molecule is CCC1CCCC(NS(=O)(=O)CCNC2CC2)C1. The van der Waals surface area contributed by atoms with Gasteiger partial charge in [-0.3, -0.25) is 0 Å². The average Bonchev–Trinajstić information content (AvgIpc) is 3.12. The fraction of sp³-hybridized carbons (Fsp3) is 1.00. The highest BCUT2D eigenvalue weighted by molar-refractivity contribution is 7.89. The number of hydrogen-bond acceptors (Lipinski definition) is 3. The molecule has 2 saturated carbocycles. The van der Waals surface area contributed by atoms with Crippen molar-refractivity contribution in [3.8, 4) is 0 Å². The van der Waals surface area contributed by atoms with Crippen LogP contribution in [0.2, 0.25) is 0 Å². The maximum Gasteiger partial charge on any atom is 0.213 e. The van der Waals surface area contributed by atoms with E-state index in [-0.39, 0.29) is 11.8 Å². The summed E-state index contributed by atoms with van der Waals surface area (Å²) in [5.74, 6) is 0.924. The third-order valence-corrected chi connectivity index (χ3v) is 5.52. The van der Waals surface area contributed by atoms with E-state index in [4.69, 9.17) is 0 Å². The van der Waals surface area contributed by atoms with Gasteiger partial charge in [0.05, 0.1) is 5.75 Å². The Morgan fingerprint density at radius 1 is 1.11 bits per heavy atom. The van der Waals surface area contributed by atoms with Crippen LogP contribution in [0.25, 0.3) is 0 Å². The lowest BCUT2D eigenvalue weighted by atomic mass is 9.85. The molecular formula is C13H26N2O2S. The van der Waals surface area contributed by atoms with Crippen LogP contribution < -0.4 is 10.0 Å². The van der Waals surface area contributed by atoms with Crippen LogP contribution in [0.5, 0.6) is 0 Å². The van der Waals surface area contributed by atoms with Gasteiger partial charge >= 0.3 is 0 Å². The van der Waals surface area contributed by atoms with Gasteiger partial charge in [-0.1, -0.05) is 26.2 Å². The summed E-state index contributed by atoms with van der Waals surface area (Å²) < 4.78 is 26.8. The van der Waals surface area contributed by atoms with Crippen molar-refractivity contribution in [3.05, 3.63) is 0 Å². The molecule has 2 rings (SSSR count). The maximum absolute atomic E-state index is 11.9. The van der Waals surface area contributed by atoms with Crippen LogP contribution in [0, 0.1) is 5.92 Å². The Hall–Kier alpha value is -0.130. The van der Waals surface area contributed by atoms with Gasteiger partial charge in [-0.05, 0) is 31.6 Å². The number of rotatable bonds is 7. The van der Waals surface area contributed by atoms with Crippen molar-refractivity contribution < 1.29 is 8.42 Å². The second-order valence-electron chi connectivity index (χ2n) is 5.80. The highest BCUT2D eigenvalue weighted by Gasteiger charge is 2.25. The smallest absolute Gasteiger partial charge is 0.213 e. The van der Waals surface area contributed by atoms with Crippen molar-refractivity contribution in [3.63, 3.8) is 0 Å². The molecule has 0 aliphatic heterocycles. The zero-order chi connectivity index (χ0) is 13.0. The van der Waals surface area contributed by atoms with E-state index in [2.05, 4.69) is 17.0 Å². The Bertz CT molecular complexity index is 352. The molecule has 0 aromatic carbocycles. The highest BCUT2D eigenvalue weighted by atomic mass is 32.2. The van der Waals surface area contributed by atoms with Crippen molar-refractivity contribution in [2.75, 3.05) is 12.3 Å². The number of nitrogens with one attached hydrogen (secondary N) is 2. The lowest BCUT2D eigenvalue weighted by Gasteiger charge is -2.28. The van der Waals surface area contributed by atoms with Crippen LogP contribution in [-0.4, -0.2) is 32.8 Å². The largest absolute Gasteiger partial charge is 0.313 e. The normalized spacial score (nSPS) is 29.4. The molecule has 0 aromatic rings. The molecule has 2 fully saturated rings. The lowest BCUT2D eigenvalue weighted by molar-refractivity contribution is 0.301. The molecule has 2 N–H and O–H groups in total. The van der Waals surface area contributed by atoms with E-state index >= 15 is 0 Å². The van der Waals surface area contributed by atoms with Gasteiger partial charge in [-0.25, -0.2) is 13.1 Å². The van der Waals surface area contributed by atoms with Crippen LogP contribution in [0.4, 0.5) is 0 Å². The monoisotopic (exact) mass is 274 g/mol. The molecule has 2 aliphatic carbocycles. The van der Waals surface area contributed by atoms with Gasteiger partial charge in [-0.15, -0.1) is 0 Å². The first-order valence-corrected chi connectivity index (χ1v) is 8.97. The standard InChI is InChI=1S/C13H26N2O2S/c1-2-11-4-3-5-13(10-11)15-18(16,17)9-8-14-12-6-7-12/h11-15H,2-10H2,1H3. The first-order chi connectivity index (χ1) is 8.59. The molecule has 5 heteroatoms. The summed E-state index contributed by atoms with van der Waals surface area (Å²) in [4.78, 5) is 0. The molecule has 4 nitrogen and oxygen atoms in total. The Labute approximate surface area is 111 Å². The summed E-state index contributed by atoms with van der Waals surface area (Å²) in [7, 11) is -3.09. The van der Waals surface area contributed by atoms with Crippen LogP contribution in [0.1, 0.15) is 51.9 Å². The summed E-state index contributed by atoms with van der Waals surface area (Å²) in [5.41, 5.74) is 0. The fourth-order valence-corrected chi connectivity index (χ4v) is 3.99. The second-order valence-corrected chi connectivity index (χ2v) is 7.68. The molecule has 0 heterocycles. The predicted octanol–water partition coefficient (Wildman–Crippen LogP) is 1.63. The minimum absolute atomic E-state index is 0.176. The third kappa shape index (κ3) is 4.86. The molecular weight excluding hydrogens is 248 g/mol. The molecule has 2 aliphatic rings. The average molecular weight is 274 g/mol. The highest BCUT2D eigenvalue weighted by Crippen LogP contribution is 2.26. The van der Waals surface area contributed by atoms with Crippen molar-refractivity contribution in [2.45, 2.75) is 64.0 Å². The molecule has 0 saturated heterocycles. The third-order valence-electron chi connectivity index (χ3n) is 4.09. The quantitative estimate of drug-likeness (QED) is 0.742. The van der Waals surface area contributed by atoms with Gasteiger partial charge in [0.2, 0.25) is 10.0 Å². The summed E-state index contributed by atoms with van der Waals surface area (Å²) >= 11 is 0. The molecule has 2 unspecified atom stereocenters. The van der Waals surface area contributed by atoms with Gasteiger partial charge in [-0.2, -0.15) is 0 Å². The summed E-state index contributed by atoms with van der Waals surface area (Å²) in [6.45, 7) is 2.78. The van der Waals surface area contributed by atoms with Crippen molar-refractivity contribution in [1.29, 1.82) is 0 Å². The van der Waals surface area contributed by atoms with Crippen LogP contribution >= 0.6 is 0 Å². The molecule has 0 aromatic heterocycles. The first kappa shape index (κ1) is 14.3. The topological polar surface area (TPSA) is 58.2 Å². The summed E-state index contributed by atoms with van der Waals surface area (Å²) in [6, 6.07) is 0.758. The number of hydrogen-bond donors (Lipinski definition) is 2. The Morgan fingerprint density at radius 3 is 2.56 bits per heavy atom. The molecule has 18 heavy (non-hydrogen) atoms. The van der Waals surface area contributed by atoms with E-state index in [9.17, 15) is 8.42 Å². The summed E-state index contributed by atoms with van der Waals surface area (Å²) in [6.07, 6.45) is 8.02. The van der Waals surface area contributed by atoms with E-state index in [0.29, 0.717) is 18.5 Å². The van der Waals surface area contributed by atoms with E-state index in [1.54, 1.807) is 0 Å². The Kier molecular flexibility index (Phi) is 5.04. The number of sulfonamides is 1. The lowest BCUT2D eigenvalue weighted by Crippen LogP contribution is -2.41. The zero-order valence-electron chi connectivity index (χ0n) is 11.3. The minimum Gasteiger partial charge on any atom is -0.313 e. The van der Waals surface area contributed by atoms with E-state index in [0.717, 1.165) is 19.3 Å². The minimum atomic E-state index is -3.09. The summed E-state index contributed by atoms with van der Waals surface area (Å²) in [5, 5.41) is 3.25. The van der Waals surface area contributed by atoms with Gasteiger partial charge in [0, 0.05) is 18.6 Å². The van der Waals surface area contributed by atoms with E-state index in [1.807, 2.05) is 0 Å². The van der Waals surface area contributed by atoms with Crippen molar-refractivity contribution in [1.82, 2.24) is 10.0 Å². The van der Waals surface area contributed by atoms with Crippen LogP contribution in [-0.2, 0) is 10.0 Å². The Morgan fingerprint density at radius 2 is 1.89 bits per heavy atom. The molecule has 0 amide bonds. The van der Waals surface area contributed by atoms with Crippen molar-refractivity contribution in [2.24, 2.45) is 5.92 Å². The second kappa shape index (κ2) is 6.35. The van der Waals surface area contributed by atoms with Gasteiger partial charge < -0.3 is 5.32 Å². The van der Waals surface area contributed by atoms with Gasteiger partial charge in [0.15, 0.2) is 0 Å². The maximum atomic E-state index is 11.9. The first-order valence-electron chi connectivity index (χ1n) is 7.32. The zero-order valence-corrected chi connectivity index (χ0v) is 12.1. The predicted molar refractivity (Wildman–Crippen MR) is 74.0 cm³/mol. The van der Waals surface area contributed by atoms with Gasteiger partial charge in [0.1, 0.15) is 0 Å². The van der Waals surface area contributed by atoms with E-state index in [1.165, 1.54) is 25.7 Å². The molecule has 106 valence electrons. The van der Waals surface area contributed by atoms with Crippen LogP contribution in [0.3, 0.4) is 0 Å². The van der Waals surface area contributed by atoms with Crippen LogP contribution in [0.15, 0.2) is 0 Å². The molecule has 0 radical (unpaired) electrons.